The van der Waals surface area contributed by atoms with Crippen LogP contribution in [0.25, 0.3) is 5.76 Å². The summed E-state index contributed by atoms with van der Waals surface area (Å²) in [5.74, 6) is -1.45. The average molecular weight is 384 g/mol. The molecule has 29 heavy (non-hydrogen) atoms. The number of ketones is 1. The van der Waals surface area contributed by atoms with E-state index in [1.165, 1.54) is 4.90 Å². The maximum Gasteiger partial charge on any atom is 0.295 e. The Hall–Kier alpha value is -3.73. The standard InChI is InChI=1S/C24H20N2O3/c1-16-7-9-19(10-8-16)22(27)20-21(18-5-3-2-4-6-18)26(24(29)23(20)28)15-17-11-13-25-14-12-17/h2-14,21,27H,15H2,1H3/b22-20+/t21-/m0/s1. The maximum absolute atomic E-state index is 12.9. The molecule has 1 aliphatic rings. The number of aliphatic hydroxyl groups is 1. The Bertz CT molecular complexity index is 1070. The highest BCUT2D eigenvalue weighted by atomic mass is 16.3. The fourth-order valence-electron chi connectivity index (χ4n) is 3.58. The van der Waals surface area contributed by atoms with Gasteiger partial charge in [-0.1, -0.05) is 60.2 Å². The Morgan fingerprint density at radius 2 is 1.62 bits per heavy atom. The third-order valence-corrected chi connectivity index (χ3v) is 5.08. The van der Waals surface area contributed by atoms with Gasteiger partial charge in [-0.15, -0.1) is 0 Å². The second kappa shape index (κ2) is 7.72. The molecule has 2 aromatic carbocycles. The van der Waals surface area contributed by atoms with Gasteiger partial charge in [0.2, 0.25) is 0 Å². The van der Waals surface area contributed by atoms with E-state index in [1.807, 2.05) is 49.4 Å². The summed E-state index contributed by atoms with van der Waals surface area (Å²) < 4.78 is 0. The lowest BCUT2D eigenvalue weighted by Gasteiger charge is -2.25. The molecule has 2 heterocycles. The molecule has 1 atom stereocenters. The summed E-state index contributed by atoms with van der Waals surface area (Å²) in [4.78, 5) is 31.4. The number of carbonyl (C=O) groups excluding carboxylic acids is 2. The minimum Gasteiger partial charge on any atom is -0.507 e. The molecular formula is C24H20N2O3. The van der Waals surface area contributed by atoms with E-state index in [9.17, 15) is 14.7 Å². The van der Waals surface area contributed by atoms with Crippen molar-refractivity contribution in [3.63, 3.8) is 0 Å². The first-order valence-electron chi connectivity index (χ1n) is 9.35. The van der Waals surface area contributed by atoms with Crippen molar-refractivity contribution in [2.45, 2.75) is 19.5 Å². The number of benzene rings is 2. The smallest absolute Gasteiger partial charge is 0.295 e. The molecule has 0 saturated carbocycles. The van der Waals surface area contributed by atoms with Crippen LogP contribution >= 0.6 is 0 Å². The van der Waals surface area contributed by atoms with Crippen LogP contribution in [0.3, 0.4) is 0 Å². The molecule has 1 fully saturated rings. The molecule has 1 saturated heterocycles. The summed E-state index contributed by atoms with van der Waals surface area (Å²) in [6.07, 6.45) is 3.30. The number of hydrogen-bond acceptors (Lipinski definition) is 4. The lowest BCUT2D eigenvalue weighted by atomic mass is 9.95. The van der Waals surface area contributed by atoms with E-state index in [2.05, 4.69) is 4.98 Å². The lowest BCUT2D eigenvalue weighted by molar-refractivity contribution is -0.140. The van der Waals surface area contributed by atoms with Gasteiger partial charge in [-0.05, 0) is 30.2 Å². The predicted molar refractivity (Wildman–Crippen MR) is 110 cm³/mol. The van der Waals surface area contributed by atoms with Crippen LogP contribution in [-0.2, 0) is 16.1 Å². The molecule has 4 rings (SSSR count). The largest absolute Gasteiger partial charge is 0.507 e. The van der Waals surface area contributed by atoms with Gasteiger partial charge in [-0.25, -0.2) is 0 Å². The van der Waals surface area contributed by atoms with Crippen LogP contribution in [0.4, 0.5) is 0 Å². The van der Waals surface area contributed by atoms with Gasteiger partial charge < -0.3 is 10.0 Å². The van der Waals surface area contributed by atoms with E-state index < -0.39 is 17.7 Å². The molecule has 144 valence electrons. The minimum absolute atomic E-state index is 0.110. The minimum atomic E-state index is -0.675. The fraction of sp³-hybridized carbons (Fsp3) is 0.125. The molecule has 0 bridgehead atoms. The van der Waals surface area contributed by atoms with Crippen molar-refractivity contribution >= 4 is 17.4 Å². The second-order valence-electron chi connectivity index (χ2n) is 7.06. The topological polar surface area (TPSA) is 70.5 Å². The summed E-state index contributed by atoms with van der Waals surface area (Å²) in [6, 6.07) is 19.5. The van der Waals surface area contributed by atoms with Gasteiger partial charge >= 0.3 is 0 Å². The molecule has 0 unspecified atom stereocenters. The Morgan fingerprint density at radius 1 is 0.966 bits per heavy atom. The SMILES string of the molecule is Cc1ccc(/C(O)=C2\C(=O)C(=O)N(Cc3ccncc3)[C@H]2c2ccccc2)cc1. The summed E-state index contributed by atoms with van der Waals surface area (Å²) in [5, 5.41) is 11.0. The van der Waals surface area contributed by atoms with E-state index in [0.717, 1.165) is 16.7 Å². The number of likely N-dealkylation sites (tertiary alicyclic amines) is 1. The van der Waals surface area contributed by atoms with Gasteiger partial charge in [0.25, 0.3) is 11.7 Å². The first-order valence-corrected chi connectivity index (χ1v) is 9.35. The molecular weight excluding hydrogens is 364 g/mol. The van der Waals surface area contributed by atoms with Crippen molar-refractivity contribution in [3.8, 4) is 0 Å². The molecule has 5 heteroatoms. The fourth-order valence-corrected chi connectivity index (χ4v) is 3.58. The number of aromatic nitrogens is 1. The van der Waals surface area contributed by atoms with E-state index in [1.54, 1.807) is 36.7 Å². The number of nitrogens with zero attached hydrogens (tertiary/aromatic N) is 2. The second-order valence-corrected chi connectivity index (χ2v) is 7.06. The Kier molecular flexibility index (Phi) is 4.96. The first-order chi connectivity index (χ1) is 14.1. The number of pyridine rings is 1. The van der Waals surface area contributed by atoms with E-state index in [0.29, 0.717) is 5.56 Å². The lowest BCUT2D eigenvalue weighted by Crippen LogP contribution is -2.29. The summed E-state index contributed by atoms with van der Waals surface area (Å²) in [7, 11) is 0. The monoisotopic (exact) mass is 384 g/mol. The highest BCUT2D eigenvalue weighted by molar-refractivity contribution is 6.46. The van der Waals surface area contributed by atoms with Crippen LogP contribution in [0.15, 0.2) is 84.7 Å². The number of rotatable bonds is 4. The van der Waals surface area contributed by atoms with Crippen molar-refractivity contribution in [3.05, 3.63) is 107 Å². The molecule has 0 spiro atoms. The number of amides is 1. The van der Waals surface area contributed by atoms with Gasteiger partial charge in [0.1, 0.15) is 5.76 Å². The Labute approximate surface area is 169 Å². The summed E-state index contributed by atoms with van der Waals surface area (Å²) in [6.45, 7) is 2.19. The third-order valence-electron chi connectivity index (χ3n) is 5.08. The van der Waals surface area contributed by atoms with E-state index in [-0.39, 0.29) is 17.9 Å². The van der Waals surface area contributed by atoms with E-state index in [4.69, 9.17) is 0 Å². The number of Topliss-reactive ketones (excluding diaryl/α,β-unsaturated/α-hetero) is 1. The molecule has 0 radical (unpaired) electrons. The first kappa shape index (κ1) is 18.6. The van der Waals surface area contributed by atoms with Crippen molar-refractivity contribution in [2.24, 2.45) is 0 Å². The molecule has 5 nitrogen and oxygen atoms in total. The summed E-state index contributed by atoms with van der Waals surface area (Å²) >= 11 is 0. The quantitative estimate of drug-likeness (QED) is 0.419. The molecule has 3 aromatic rings. The highest BCUT2D eigenvalue weighted by Gasteiger charge is 2.45. The van der Waals surface area contributed by atoms with Gasteiger partial charge in [-0.2, -0.15) is 0 Å². The number of aryl methyl sites for hydroxylation is 1. The molecule has 1 aliphatic heterocycles. The van der Waals surface area contributed by atoms with Crippen molar-refractivity contribution < 1.29 is 14.7 Å². The number of hydrogen-bond donors (Lipinski definition) is 1. The van der Waals surface area contributed by atoms with Gasteiger partial charge in [0.15, 0.2) is 0 Å². The Morgan fingerprint density at radius 3 is 2.28 bits per heavy atom. The van der Waals surface area contributed by atoms with Crippen LogP contribution in [0.2, 0.25) is 0 Å². The maximum atomic E-state index is 12.9. The zero-order chi connectivity index (χ0) is 20.4. The van der Waals surface area contributed by atoms with Crippen molar-refractivity contribution in [2.75, 3.05) is 0 Å². The Balaban J connectivity index is 1.85. The molecule has 1 aromatic heterocycles. The number of aliphatic hydroxyl groups excluding tert-OH is 1. The van der Waals surface area contributed by atoms with E-state index >= 15 is 0 Å². The normalized spacial score (nSPS) is 18.2. The average Bonchev–Trinajstić information content (AvgIpc) is 3.00. The van der Waals surface area contributed by atoms with Gasteiger partial charge in [-0.3, -0.25) is 14.6 Å². The zero-order valence-corrected chi connectivity index (χ0v) is 15.9. The zero-order valence-electron chi connectivity index (χ0n) is 15.9. The van der Waals surface area contributed by atoms with Crippen molar-refractivity contribution in [1.82, 2.24) is 9.88 Å². The highest BCUT2D eigenvalue weighted by Crippen LogP contribution is 2.40. The van der Waals surface area contributed by atoms with Crippen LogP contribution in [0.5, 0.6) is 0 Å². The third kappa shape index (κ3) is 3.55. The van der Waals surface area contributed by atoms with Gasteiger partial charge in [0.05, 0.1) is 11.6 Å². The predicted octanol–water partition coefficient (Wildman–Crippen LogP) is 4.01. The van der Waals surface area contributed by atoms with Crippen LogP contribution in [0, 0.1) is 6.92 Å². The molecule has 1 amide bonds. The molecule has 1 N–H and O–H groups in total. The van der Waals surface area contributed by atoms with Crippen LogP contribution in [-0.4, -0.2) is 26.7 Å². The number of carbonyl (C=O) groups is 2. The van der Waals surface area contributed by atoms with Crippen molar-refractivity contribution in [1.29, 1.82) is 0 Å². The van der Waals surface area contributed by atoms with Crippen LogP contribution in [0.1, 0.15) is 28.3 Å². The van der Waals surface area contributed by atoms with Crippen LogP contribution < -0.4 is 0 Å². The summed E-state index contributed by atoms with van der Waals surface area (Å²) in [5.41, 5.74) is 3.30. The molecule has 0 aliphatic carbocycles. The van der Waals surface area contributed by atoms with Gasteiger partial charge in [0, 0.05) is 24.5 Å².